The van der Waals surface area contributed by atoms with Gasteiger partial charge in [-0.1, -0.05) is 70.5 Å². The van der Waals surface area contributed by atoms with Crippen molar-refractivity contribution in [1.29, 1.82) is 0 Å². The molecule has 26 heavy (non-hydrogen) atoms. The van der Waals surface area contributed by atoms with Crippen LogP contribution in [0.15, 0.2) is 60.7 Å². The summed E-state index contributed by atoms with van der Waals surface area (Å²) in [5.74, 6) is -2.09. The van der Waals surface area contributed by atoms with Crippen LogP contribution in [0.5, 0.6) is 11.5 Å². The fourth-order valence-corrected chi connectivity index (χ4v) is 3.06. The molecule has 3 rings (SSSR count). The van der Waals surface area contributed by atoms with Crippen molar-refractivity contribution in [3.05, 3.63) is 83.4 Å². The largest absolute Gasteiger partial charge is 0.492 e. The second-order valence-electron chi connectivity index (χ2n) is 5.69. The fourth-order valence-electron chi connectivity index (χ4n) is 2.71. The molecule has 0 heterocycles. The van der Waals surface area contributed by atoms with E-state index in [-0.39, 0.29) is 18.1 Å². The van der Waals surface area contributed by atoms with E-state index in [9.17, 15) is 8.78 Å². The van der Waals surface area contributed by atoms with E-state index in [0.29, 0.717) is 10.9 Å². The van der Waals surface area contributed by atoms with Crippen LogP contribution in [-0.4, -0.2) is 7.11 Å². The standard InChI is InChI=1S/C21H17BrF2O2/c1-25-20-17(16-8-3-2-4-9-16)11-18(23)19(24)21(20)26-13-15-7-5-6-14(10-15)12-22/h2-11H,12-13H2,1H3. The average Bonchev–Trinajstić information content (AvgIpc) is 2.69. The van der Waals surface area contributed by atoms with Crippen molar-refractivity contribution in [3.63, 3.8) is 0 Å². The van der Waals surface area contributed by atoms with Gasteiger partial charge >= 0.3 is 0 Å². The SMILES string of the molecule is COc1c(-c2ccccc2)cc(F)c(F)c1OCc1cccc(CBr)c1. The van der Waals surface area contributed by atoms with Crippen LogP contribution in [-0.2, 0) is 11.9 Å². The monoisotopic (exact) mass is 418 g/mol. The minimum atomic E-state index is -1.06. The van der Waals surface area contributed by atoms with Crippen molar-refractivity contribution in [3.8, 4) is 22.6 Å². The van der Waals surface area contributed by atoms with Gasteiger partial charge in [0, 0.05) is 10.9 Å². The quantitative estimate of drug-likeness (QED) is 0.449. The van der Waals surface area contributed by atoms with Crippen LogP contribution in [0.1, 0.15) is 11.1 Å². The van der Waals surface area contributed by atoms with Gasteiger partial charge in [-0.3, -0.25) is 0 Å². The molecule has 0 atom stereocenters. The van der Waals surface area contributed by atoms with Crippen molar-refractivity contribution in [2.24, 2.45) is 0 Å². The first kappa shape index (κ1) is 18.4. The maximum Gasteiger partial charge on any atom is 0.204 e. The predicted molar refractivity (Wildman–Crippen MR) is 102 cm³/mol. The van der Waals surface area contributed by atoms with Gasteiger partial charge < -0.3 is 9.47 Å². The molecule has 0 radical (unpaired) electrons. The molecule has 3 aromatic carbocycles. The summed E-state index contributed by atoms with van der Waals surface area (Å²) in [5.41, 5.74) is 3.09. The van der Waals surface area contributed by atoms with E-state index in [1.807, 2.05) is 42.5 Å². The Labute approximate surface area is 159 Å². The van der Waals surface area contributed by atoms with Gasteiger partial charge in [0.1, 0.15) is 6.61 Å². The van der Waals surface area contributed by atoms with Crippen LogP contribution in [0.25, 0.3) is 11.1 Å². The highest BCUT2D eigenvalue weighted by Crippen LogP contribution is 2.41. The predicted octanol–water partition coefficient (Wildman–Crippen LogP) is 6.11. The Bertz CT molecular complexity index is 898. The molecule has 0 aromatic heterocycles. The zero-order chi connectivity index (χ0) is 18.5. The number of methoxy groups -OCH3 is 1. The van der Waals surface area contributed by atoms with Crippen molar-refractivity contribution in [2.75, 3.05) is 7.11 Å². The third-order valence-electron chi connectivity index (χ3n) is 3.95. The van der Waals surface area contributed by atoms with Gasteiger partial charge in [0.15, 0.2) is 11.6 Å². The molecule has 0 N–H and O–H groups in total. The molecule has 0 fully saturated rings. The lowest BCUT2D eigenvalue weighted by Gasteiger charge is -2.16. The molecule has 0 aliphatic rings. The van der Waals surface area contributed by atoms with Crippen molar-refractivity contribution < 1.29 is 18.3 Å². The topological polar surface area (TPSA) is 18.5 Å². The second-order valence-corrected chi connectivity index (χ2v) is 6.25. The number of halogens is 3. The Morgan fingerprint density at radius 1 is 0.885 bits per heavy atom. The van der Waals surface area contributed by atoms with Gasteiger partial charge in [0.25, 0.3) is 0 Å². The lowest BCUT2D eigenvalue weighted by molar-refractivity contribution is 0.265. The molecule has 0 aliphatic heterocycles. The van der Waals surface area contributed by atoms with Crippen LogP contribution in [0.4, 0.5) is 8.78 Å². The minimum Gasteiger partial charge on any atom is -0.492 e. The molecule has 0 unspecified atom stereocenters. The molecule has 5 heteroatoms. The Hall–Kier alpha value is -2.40. The molecule has 0 amide bonds. The van der Waals surface area contributed by atoms with E-state index in [2.05, 4.69) is 15.9 Å². The summed E-state index contributed by atoms with van der Waals surface area (Å²) in [6.07, 6.45) is 0. The van der Waals surface area contributed by atoms with E-state index in [4.69, 9.17) is 9.47 Å². The lowest BCUT2D eigenvalue weighted by atomic mass is 10.0. The summed E-state index contributed by atoms with van der Waals surface area (Å²) in [4.78, 5) is 0. The third kappa shape index (κ3) is 3.88. The molecule has 0 aliphatic carbocycles. The van der Waals surface area contributed by atoms with Crippen molar-refractivity contribution in [2.45, 2.75) is 11.9 Å². The summed E-state index contributed by atoms with van der Waals surface area (Å²) < 4.78 is 39.6. The first-order valence-electron chi connectivity index (χ1n) is 8.02. The average molecular weight is 419 g/mol. The number of rotatable bonds is 6. The fraction of sp³-hybridized carbons (Fsp3) is 0.143. The molecular weight excluding hydrogens is 402 g/mol. The molecule has 0 bridgehead atoms. The van der Waals surface area contributed by atoms with E-state index in [1.54, 1.807) is 12.1 Å². The van der Waals surface area contributed by atoms with E-state index in [0.717, 1.165) is 22.8 Å². The Kier molecular flexibility index (Phi) is 5.89. The summed E-state index contributed by atoms with van der Waals surface area (Å²) in [7, 11) is 1.41. The molecular formula is C21H17BrF2O2. The number of benzene rings is 3. The Morgan fingerprint density at radius 3 is 2.31 bits per heavy atom. The van der Waals surface area contributed by atoms with E-state index in [1.165, 1.54) is 7.11 Å². The van der Waals surface area contributed by atoms with Gasteiger partial charge in [-0.15, -0.1) is 0 Å². The lowest BCUT2D eigenvalue weighted by Crippen LogP contribution is -2.03. The van der Waals surface area contributed by atoms with Gasteiger partial charge in [-0.25, -0.2) is 4.39 Å². The molecule has 0 saturated carbocycles. The zero-order valence-electron chi connectivity index (χ0n) is 14.1. The van der Waals surface area contributed by atoms with E-state index >= 15 is 0 Å². The van der Waals surface area contributed by atoms with Gasteiger partial charge in [0.05, 0.1) is 7.11 Å². The van der Waals surface area contributed by atoms with E-state index < -0.39 is 11.6 Å². The van der Waals surface area contributed by atoms with Crippen LogP contribution in [0.3, 0.4) is 0 Å². The Balaban J connectivity index is 1.99. The normalized spacial score (nSPS) is 10.6. The van der Waals surface area contributed by atoms with Gasteiger partial charge in [0.2, 0.25) is 11.6 Å². The molecule has 134 valence electrons. The highest BCUT2D eigenvalue weighted by atomic mass is 79.9. The van der Waals surface area contributed by atoms with Crippen LogP contribution < -0.4 is 9.47 Å². The maximum absolute atomic E-state index is 14.4. The highest BCUT2D eigenvalue weighted by Gasteiger charge is 2.22. The summed E-state index contributed by atoms with van der Waals surface area (Å²) in [5, 5.41) is 0.705. The zero-order valence-corrected chi connectivity index (χ0v) is 15.7. The van der Waals surface area contributed by atoms with Crippen molar-refractivity contribution in [1.82, 2.24) is 0 Å². The summed E-state index contributed by atoms with van der Waals surface area (Å²) in [6, 6.07) is 17.9. The second kappa shape index (κ2) is 8.32. The minimum absolute atomic E-state index is 0.103. The van der Waals surface area contributed by atoms with Crippen LogP contribution in [0, 0.1) is 11.6 Å². The van der Waals surface area contributed by atoms with Gasteiger partial charge in [-0.05, 0) is 22.8 Å². The number of hydrogen-bond donors (Lipinski definition) is 0. The van der Waals surface area contributed by atoms with Gasteiger partial charge in [-0.2, -0.15) is 4.39 Å². The number of ether oxygens (including phenoxy) is 2. The molecule has 3 aromatic rings. The molecule has 2 nitrogen and oxygen atoms in total. The van der Waals surface area contributed by atoms with Crippen LogP contribution in [0.2, 0.25) is 0 Å². The highest BCUT2D eigenvalue weighted by molar-refractivity contribution is 9.08. The molecule has 0 spiro atoms. The number of hydrogen-bond acceptors (Lipinski definition) is 2. The molecule has 0 saturated heterocycles. The number of alkyl halides is 1. The Morgan fingerprint density at radius 2 is 1.62 bits per heavy atom. The first-order chi connectivity index (χ1) is 12.6. The summed E-state index contributed by atoms with van der Waals surface area (Å²) >= 11 is 3.40. The smallest absolute Gasteiger partial charge is 0.204 e. The third-order valence-corrected chi connectivity index (χ3v) is 4.60. The maximum atomic E-state index is 14.4. The first-order valence-corrected chi connectivity index (χ1v) is 9.14. The summed E-state index contributed by atoms with van der Waals surface area (Å²) in [6.45, 7) is 0.103. The van der Waals surface area contributed by atoms with Crippen molar-refractivity contribution >= 4 is 15.9 Å². The van der Waals surface area contributed by atoms with Crippen LogP contribution >= 0.6 is 15.9 Å².